The second-order valence-corrected chi connectivity index (χ2v) is 7.85. The third kappa shape index (κ3) is 4.14. The lowest BCUT2D eigenvalue weighted by molar-refractivity contribution is -0.120. The van der Waals surface area contributed by atoms with Crippen LogP contribution in [-0.2, 0) is 4.79 Å². The van der Waals surface area contributed by atoms with Crippen LogP contribution < -0.4 is 16.0 Å². The van der Waals surface area contributed by atoms with Gasteiger partial charge in [0.05, 0.1) is 11.6 Å². The van der Waals surface area contributed by atoms with Gasteiger partial charge in [-0.05, 0) is 49.4 Å². The molecule has 0 bridgehead atoms. The molecule has 3 rings (SSSR count). The third-order valence-corrected chi connectivity index (χ3v) is 6.16. The Balaban J connectivity index is 1.60. The van der Waals surface area contributed by atoms with Gasteiger partial charge in [-0.15, -0.1) is 11.3 Å². The van der Waals surface area contributed by atoms with Crippen LogP contribution in [-0.4, -0.2) is 48.9 Å². The molecule has 1 aromatic heterocycles. The molecule has 1 atom stereocenters. The molecule has 7 heteroatoms. The van der Waals surface area contributed by atoms with E-state index < -0.39 is 5.91 Å². The number of thiophene rings is 1. The van der Waals surface area contributed by atoms with Crippen molar-refractivity contribution in [2.24, 2.45) is 5.73 Å². The largest absolute Gasteiger partial charge is 0.369 e. The van der Waals surface area contributed by atoms with Crippen molar-refractivity contribution in [3.05, 3.63) is 46.3 Å². The van der Waals surface area contributed by atoms with Gasteiger partial charge in [-0.1, -0.05) is 12.1 Å². The first kappa shape index (κ1) is 19.4. The lowest BCUT2D eigenvalue weighted by Gasteiger charge is -2.39. The summed E-state index contributed by atoms with van der Waals surface area (Å²) in [4.78, 5) is 28.6. The van der Waals surface area contributed by atoms with E-state index in [1.807, 2.05) is 6.92 Å². The fraction of sp³-hybridized carbons (Fsp3) is 0.400. The Morgan fingerprint density at radius 2 is 1.85 bits per heavy atom. The minimum atomic E-state index is -0.527. The fourth-order valence-electron chi connectivity index (χ4n) is 3.41. The summed E-state index contributed by atoms with van der Waals surface area (Å²) in [6.45, 7) is 9.59. The number of anilines is 2. The first-order chi connectivity index (χ1) is 12.9. The number of carbonyl (C=O) groups excluding carboxylic acids is 2. The molecular weight excluding hydrogens is 360 g/mol. The highest BCUT2D eigenvalue weighted by Crippen LogP contribution is 2.25. The Morgan fingerprint density at radius 1 is 1.15 bits per heavy atom. The number of piperazine rings is 1. The Hall–Kier alpha value is -2.38. The molecule has 144 valence electrons. The molecule has 1 aromatic carbocycles. The van der Waals surface area contributed by atoms with E-state index in [1.165, 1.54) is 28.2 Å². The van der Waals surface area contributed by atoms with Gasteiger partial charge in [-0.25, -0.2) is 0 Å². The van der Waals surface area contributed by atoms with Gasteiger partial charge in [0.2, 0.25) is 5.91 Å². The summed E-state index contributed by atoms with van der Waals surface area (Å²) >= 11 is 1.31. The average Bonchev–Trinajstić information content (AvgIpc) is 3.12. The molecule has 1 aliphatic heterocycles. The molecule has 1 saturated heterocycles. The van der Waals surface area contributed by atoms with E-state index in [0.717, 1.165) is 26.2 Å². The number of carbonyl (C=O) groups is 2. The molecule has 2 aromatic rings. The van der Waals surface area contributed by atoms with E-state index >= 15 is 0 Å². The number of primary amides is 1. The second-order valence-electron chi connectivity index (χ2n) is 6.93. The Morgan fingerprint density at radius 3 is 2.52 bits per heavy atom. The second kappa shape index (κ2) is 8.10. The van der Waals surface area contributed by atoms with Crippen LogP contribution in [0.25, 0.3) is 0 Å². The summed E-state index contributed by atoms with van der Waals surface area (Å²) in [6.07, 6.45) is 0. The van der Waals surface area contributed by atoms with Crippen LogP contribution in [0.15, 0.2) is 29.6 Å². The van der Waals surface area contributed by atoms with E-state index in [0.29, 0.717) is 10.6 Å². The number of hydrogen-bond acceptors (Lipinski definition) is 5. The van der Waals surface area contributed by atoms with E-state index in [2.05, 4.69) is 47.2 Å². The van der Waals surface area contributed by atoms with Gasteiger partial charge >= 0.3 is 0 Å². The molecule has 3 N–H and O–H groups in total. The van der Waals surface area contributed by atoms with Crippen molar-refractivity contribution in [2.75, 3.05) is 36.4 Å². The van der Waals surface area contributed by atoms with E-state index in [9.17, 15) is 9.59 Å². The quantitative estimate of drug-likeness (QED) is 0.828. The first-order valence-corrected chi connectivity index (χ1v) is 10.00. The van der Waals surface area contributed by atoms with Crippen molar-refractivity contribution in [1.29, 1.82) is 0 Å². The number of hydrogen-bond donors (Lipinski definition) is 2. The zero-order chi connectivity index (χ0) is 19.6. The van der Waals surface area contributed by atoms with Crippen molar-refractivity contribution in [3.8, 4) is 0 Å². The fourth-order valence-corrected chi connectivity index (χ4v) is 4.21. The van der Waals surface area contributed by atoms with Crippen LogP contribution in [0, 0.1) is 13.8 Å². The van der Waals surface area contributed by atoms with Crippen LogP contribution in [0.4, 0.5) is 10.7 Å². The van der Waals surface area contributed by atoms with Crippen LogP contribution in [0.5, 0.6) is 0 Å². The molecule has 0 radical (unpaired) electrons. The Labute approximate surface area is 164 Å². The molecule has 0 unspecified atom stereocenters. The number of aryl methyl sites for hydroxylation is 1. The van der Waals surface area contributed by atoms with Crippen molar-refractivity contribution < 1.29 is 9.59 Å². The van der Waals surface area contributed by atoms with Gasteiger partial charge in [0.15, 0.2) is 0 Å². The predicted octanol–water partition coefficient (Wildman–Crippen LogP) is 2.61. The number of rotatable bonds is 5. The number of benzene rings is 1. The zero-order valence-corrected chi connectivity index (χ0v) is 16.8. The SMILES string of the molecule is Cc1cccc(N2CCN([C@H](C)C(=O)Nc3sccc3C(N)=O)CC2)c1C. The third-order valence-electron chi connectivity index (χ3n) is 5.33. The van der Waals surface area contributed by atoms with Crippen LogP contribution in [0.3, 0.4) is 0 Å². The summed E-state index contributed by atoms with van der Waals surface area (Å²) in [6, 6.07) is 7.75. The first-order valence-electron chi connectivity index (χ1n) is 9.12. The van der Waals surface area contributed by atoms with Crippen molar-refractivity contribution in [3.63, 3.8) is 0 Å². The summed E-state index contributed by atoms with van der Waals surface area (Å²) in [5.74, 6) is -0.638. The molecule has 0 aliphatic carbocycles. The number of amides is 2. The Bertz CT molecular complexity index is 840. The molecular formula is C20H26N4O2S. The topological polar surface area (TPSA) is 78.7 Å². The van der Waals surface area contributed by atoms with Crippen LogP contribution >= 0.6 is 11.3 Å². The van der Waals surface area contributed by atoms with E-state index in [-0.39, 0.29) is 11.9 Å². The number of nitrogens with zero attached hydrogens (tertiary/aromatic N) is 2. The molecule has 0 saturated carbocycles. The van der Waals surface area contributed by atoms with Crippen molar-refractivity contribution in [2.45, 2.75) is 26.8 Å². The Kier molecular flexibility index (Phi) is 5.82. The van der Waals surface area contributed by atoms with E-state index in [1.54, 1.807) is 11.4 Å². The van der Waals surface area contributed by atoms with Crippen molar-refractivity contribution in [1.82, 2.24) is 4.90 Å². The maximum Gasteiger partial charge on any atom is 0.251 e. The molecule has 1 aliphatic rings. The molecule has 2 amide bonds. The zero-order valence-electron chi connectivity index (χ0n) is 16.0. The number of nitrogens with one attached hydrogen (secondary N) is 1. The van der Waals surface area contributed by atoms with Crippen LogP contribution in [0.1, 0.15) is 28.4 Å². The highest BCUT2D eigenvalue weighted by atomic mass is 32.1. The van der Waals surface area contributed by atoms with Gasteiger partial charge in [-0.2, -0.15) is 0 Å². The lowest BCUT2D eigenvalue weighted by atomic mass is 10.1. The monoisotopic (exact) mass is 386 g/mol. The standard InChI is InChI=1S/C20H26N4O2S/c1-13-5-4-6-17(14(13)2)24-10-8-23(9-11-24)15(3)19(26)22-20-16(18(21)25)7-12-27-20/h4-7,12,15H,8-11H2,1-3H3,(H2,21,25)(H,22,26)/t15-/m1/s1. The highest BCUT2D eigenvalue weighted by Gasteiger charge is 2.27. The van der Waals surface area contributed by atoms with Crippen molar-refractivity contribution >= 4 is 33.8 Å². The average molecular weight is 387 g/mol. The molecule has 6 nitrogen and oxygen atoms in total. The summed E-state index contributed by atoms with van der Waals surface area (Å²) in [5.41, 5.74) is 9.59. The van der Waals surface area contributed by atoms with E-state index in [4.69, 9.17) is 5.73 Å². The minimum absolute atomic E-state index is 0.111. The summed E-state index contributed by atoms with van der Waals surface area (Å²) in [5, 5.41) is 5.13. The van der Waals surface area contributed by atoms with Crippen LogP contribution in [0.2, 0.25) is 0 Å². The summed E-state index contributed by atoms with van der Waals surface area (Å²) < 4.78 is 0. The maximum atomic E-state index is 12.6. The van der Waals surface area contributed by atoms with Gasteiger partial charge in [-0.3, -0.25) is 14.5 Å². The predicted molar refractivity (Wildman–Crippen MR) is 111 cm³/mol. The normalized spacial score (nSPS) is 16.2. The lowest BCUT2D eigenvalue weighted by Crippen LogP contribution is -2.53. The maximum absolute atomic E-state index is 12.6. The van der Waals surface area contributed by atoms with Gasteiger partial charge in [0, 0.05) is 31.9 Å². The molecule has 1 fully saturated rings. The molecule has 0 spiro atoms. The van der Waals surface area contributed by atoms with Gasteiger partial charge in [0.1, 0.15) is 5.00 Å². The molecule has 27 heavy (non-hydrogen) atoms. The minimum Gasteiger partial charge on any atom is -0.369 e. The smallest absolute Gasteiger partial charge is 0.251 e. The number of nitrogens with two attached hydrogens (primary N) is 1. The van der Waals surface area contributed by atoms with Gasteiger partial charge < -0.3 is 16.0 Å². The summed E-state index contributed by atoms with van der Waals surface area (Å²) in [7, 11) is 0. The van der Waals surface area contributed by atoms with Gasteiger partial charge in [0.25, 0.3) is 5.91 Å². The highest BCUT2D eigenvalue weighted by molar-refractivity contribution is 7.14. The molecule has 2 heterocycles.